The second kappa shape index (κ2) is 4.61. The summed E-state index contributed by atoms with van der Waals surface area (Å²) in [4.78, 5) is 26.2. The molecule has 86 valence electrons. The summed E-state index contributed by atoms with van der Waals surface area (Å²) in [6.45, 7) is 0. The predicted molar refractivity (Wildman–Crippen MR) is 62.8 cm³/mol. The van der Waals surface area contributed by atoms with Gasteiger partial charge in [0.25, 0.3) is 0 Å². The third-order valence-corrected chi connectivity index (χ3v) is 2.33. The van der Waals surface area contributed by atoms with Crippen LogP contribution in [-0.4, -0.2) is 24.5 Å². The van der Waals surface area contributed by atoms with Gasteiger partial charge < -0.3 is 10.1 Å². The van der Waals surface area contributed by atoms with E-state index >= 15 is 0 Å². The van der Waals surface area contributed by atoms with E-state index in [1.807, 2.05) is 6.07 Å². The van der Waals surface area contributed by atoms with Gasteiger partial charge in [0.1, 0.15) is 5.82 Å². The molecule has 0 aliphatic heterocycles. The van der Waals surface area contributed by atoms with E-state index in [-0.39, 0.29) is 0 Å². The monoisotopic (exact) mass is 230 g/mol. The molecule has 0 aliphatic carbocycles. The Morgan fingerprint density at radius 1 is 1.41 bits per heavy atom. The molecular weight excluding hydrogens is 220 g/mol. The van der Waals surface area contributed by atoms with Crippen LogP contribution in [0.1, 0.15) is 10.4 Å². The molecule has 0 bridgehead atoms. The summed E-state index contributed by atoms with van der Waals surface area (Å²) in [6.07, 6.45) is 0.512. The van der Waals surface area contributed by atoms with Crippen LogP contribution in [0.3, 0.4) is 0 Å². The Balaban J connectivity index is 2.68. The zero-order valence-electron chi connectivity index (χ0n) is 9.14. The number of ether oxygens (including phenoxy) is 1. The molecule has 0 saturated carbocycles. The maximum Gasteiger partial charge on any atom is 0.338 e. The summed E-state index contributed by atoms with van der Waals surface area (Å²) in [5.74, 6) is -0.142. The van der Waals surface area contributed by atoms with Crippen molar-refractivity contribution in [1.29, 1.82) is 0 Å². The van der Waals surface area contributed by atoms with Gasteiger partial charge >= 0.3 is 5.97 Å². The number of aromatic nitrogens is 1. The Morgan fingerprint density at radius 2 is 2.18 bits per heavy atom. The largest absolute Gasteiger partial charge is 0.465 e. The van der Waals surface area contributed by atoms with Crippen LogP contribution in [0.25, 0.3) is 10.9 Å². The van der Waals surface area contributed by atoms with Crippen molar-refractivity contribution < 1.29 is 14.3 Å². The summed E-state index contributed by atoms with van der Waals surface area (Å²) in [5, 5.41) is 3.11. The van der Waals surface area contributed by atoms with E-state index in [1.54, 1.807) is 18.2 Å². The number of rotatable bonds is 3. The molecule has 17 heavy (non-hydrogen) atoms. The van der Waals surface area contributed by atoms with Crippen LogP contribution >= 0.6 is 0 Å². The van der Waals surface area contributed by atoms with E-state index in [1.165, 1.54) is 13.2 Å². The van der Waals surface area contributed by atoms with Gasteiger partial charge in [-0.15, -0.1) is 0 Å². The van der Waals surface area contributed by atoms with Gasteiger partial charge in [-0.1, -0.05) is 18.2 Å². The fourth-order valence-corrected chi connectivity index (χ4v) is 1.59. The van der Waals surface area contributed by atoms with Gasteiger partial charge in [-0.05, 0) is 12.1 Å². The number of hydrogen-bond acceptors (Lipinski definition) is 4. The van der Waals surface area contributed by atoms with E-state index in [0.717, 1.165) is 0 Å². The van der Waals surface area contributed by atoms with E-state index in [0.29, 0.717) is 28.7 Å². The summed E-state index contributed by atoms with van der Waals surface area (Å²) in [7, 11) is 1.31. The molecule has 0 unspecified atom stereocenters. The molecule has 1 N–H and O–H groups in total. The number of amides is 1. The third-order valence-electron chi connectivity index (χ3n) is 2.33. The fourth-order valence-electron chi connectivity index (χ4n) is 1.59. The summed E-state index contributed by atoms with van der Waals surface area (Å²) in [5.41, 5.74) is 1.00. The molecule has 2 rings (SSSR count). The molecule has 0 fully saturated rings. The Bertz CT molecular complexity index is 581. The zero-order valence-corrected chi connectivity index (χ0v) is 9.14. The first-order valence-electron chi connectivity index (χ1n) is 4.94. The van der Waals surface area contributed by atoms with Gasteiger partial charge in [0.15, 0.2) is 0 Å². The Hall–Kier alpha value is -2.43. The highest BCUT2D eigenvalue weighted by Gasteiger charge is 2.12. The van der Waals surface area contributed by atoms with E-state index in [2.05, 4.69) is 10.3 Å². The van der Waals surface area contributed by atoms with Gasteiger partial charge in [-0.3, -0.25) is 4.79 Å². The SMILES string of the molecule is COC(=O)c1cc(NC=O)nc2ccccc12. The van der Waals surface area contributed by atoms with Crippen molar-refractivity contribution in [3.8, 4) is 0 Å². The van der Waals surface area contributed by atoms with Crippen LogP contribution in [0, 0.1) is 0 Å². The first-order chi connectivity index (χ1) is 8.26. The number of nitrogens with one attached hydrogen (secondary N) is 1. The van der Waals surface area contributed by atoms with Crippen molar-refractivity contribution in [2.24, 2.45) is 0 Å². The smallest absolute Gasteiger partial charge is 0.338 e. The molecule has 0 atom stereocenters. The molecule has 1 aromatic carbocycles. The number of nitrogens with zero attached hydrogens (tertiary/aromatic N) is 1. The first kappa shape index (κ1) is 11.1. The number of esters is 1. The molecular formula is C12H10N2O3. The minimum Gasteiger partial charge on any atom is -0.465 e. The van der Waals surface area contributed by atoms with Gasteiger partial charge in [-0.2, -0.15) is 0 Å². The Labute approximate surface area is 97.4 Å². The van der Waals surface area contributed by atoms with E-state index < -0.39 is 5.97 Å². The number of benzene rings is 1. The van der Waals surface area contributed by atoms with Crippen LogP contribution in [0.4, 0.5) is 5.82 Å². The van der Waals surface area contributed by atoms with Crippen LogP contribution in [0.15, 0.2) is 30.3 Å². The summed E-state index contributed by atoms with van der Waals surface area (Å²) < 4.78 is 4.69. The van der Waals surface area contributed by atoms with Crippen molar-refractivity contribution in [3.05, 3.63) is 35.9 Å². The molecule has 0 aliphatic rings. The minimum atomic E-state index is -0.461. The molecule has 0 spiro atoms. The van der Waals surface area contributed by atoms with E-state index in [4.69, 9.17) is 4.74 Å². The number of methoxy groups -OCH3 is 1. The lowest BCUT2D eigenvalue weighted by molar-refractivity contribution is -0.105. The summed E-state index contributed by atoms with van der Waals surface area (Å²) >= 11 is 0. The van der Waals surface area contributed by atoms with Gasteiger partial charge in [0.05, 0.1) is 18.2 Å². The quantitative estimate of drug-likeness (QED) is 0.642. The fraction of sp³-hybridized carbons (Fsp3) is 0.0833. The number of carbonyl (C=O) groups excluding carboxylic acids is 2. The second-order valence-corrected chi connectivity index (χ2v) is 3.33. The highest BCUT2D eigenvalue weighted by atomic mass is 16.5. The molecule has 5 nitrogen and oxygen atoms in total. The normalized spacial score (nSPS) is 9.94. The number of carbonyl (C=O) groups is 2. The lowest BCUT2D eigenvalue weighted by Crippen LogP contribution is -2.05. The number of fused-ring (bicyclic) bond motifs is 1. The molecule has 2 aromatic rings. The van der Waals surface area contributed by atoms with Crippen LogP contribution in [-0.2, 0) is 9.53 Å². The average molecular weight is 230 g/mol. The van der Waals surface area contributed by atoms with Gasteiger partial charge in [0, 0.05) is 5.39 Å². The van der Waals surface area contributed by atoms with Gasteiger partial charge in [-0.25, -0.2) is 9.78 Å². The summed E-state index contributed by atoms with van der Waals surface area (Å²) in [6, 6.07) is 8.64. The maximum atomic E-state index is 11.6. The highest BCUT2D eigenvalue weighted by Crippen LogP contribution is 2.21. The van der Waals surface area contributed by atoms with Crippen LogP contribution < -0.4 is 5.32 Å². The molecule has 1 aromatic heterocycles. The number of hydrogen-bond donors (Lipinski definition) is 1. The third kappa shape index (κ3) is 2.08. The van der Waals surface area contributed by atoms with Crippen molar-refractivity contribution in [3.63, 3.8) is 0 Å². The number of anilines is 1. The highest BCUT2D eigenvalue weighted by molar-refractivity contribution is 6.04. The van der Waals surface area contributed by atoms with Crippen molar-refractivity contribution >= 4 is 29.1 Å². The predicted octanol–water partition coefficient (Wildman–Crippen LogP) is 1.59. The first-order valence-corrected chi connectivity index (χ1v) is 4.94. The minimum absolute atomic E-state index is 0.319. The maximum absolute atomic E-state index is 11.6. The second-order valence-electron chi connectivity index (χ2n) is 3.33. The van der Waals surface area contributed by atoms with Crippen LogP contribution in [0.2, 0.25) is 0 Å². The molecule has 0 saturated heterocycles. The van der Waals surface area contributed by atoms with Crippen LogP contribution in [0.5, 0.6) is 0 Å². The lowest BCUT2D eigenvalue weighted by Gasteiger charge is -2.06. The molecule has 1 amide bonds. The van der Waals surface area contributed by atoms with Crippen molar-refractivity contribution in [2.75, 3.05) is 12.4 Å². The standard InChI is InChI=1S/C12H10N2O3/c1-17-12(16)9-6-11(13-7-15)14-10-5-3-2-4-8(9)10/h2-7H,1H3,(H,13,14,15). The number of para-hydroxylation sites is 1. The Kier molecular flexibility index (Phi) is 3.00. The van der Waals surface area contributed by atoms with Crippen molar-refractivity contribution in [1.82, 2.24) is 4.98 Å². The van der Waals surface area contributed by atoms with Gasteiger partial charge in [0.2, 0.25) is 6.41 Å². The molecule has 1 heterocycles. The zero-order chi connectivity index (χ0) is 12.3. The lowest BCUT2D eigenvalue weighted by atomic mass is 10.1. The molecule has 5 heteroatoms. The number of pyridine rings is 1. The van der Waals surface area contributed by atoms with Crippen molar-refractivity contribution in [2.45, 2.75) is 0 Å². The van der Waals surface area contributed by atoms with E-state index in [9.17, 15) is 9.59 Å². The molecule has 0 radical (unpaired) electrons. The average Bonchev–Trinajstić information content (AvgIpc) is 2.37. The Morgan fingerprint density at radius 3 is 2.88 bits per heavy atom. The topological polar surface area (TPSA) is 68.3 Å².